The van der Waals surface area contributed by atoms with Crippen molar-refractivity contribution in [2.45, 2.75) is 26.0 Å². The summed E-state index contributed by atoms with van der Waals surface area (Å²) in [5, 5.41) is 12.5. The maximum atomic E-state index is 12.2. The molecule has 0 aliphatic heterocycles. The highest BCUT2D eigenvalue weighted by molar-refractivity contribution is 6.30. The molecule has 0 radical (unpaired) electrons. The number of nitrogens with zero attached hydrogens (tertiary/aromatic N) is 1. The fourth-order valence-corrected chi connectivity index (χ4v) is 2.58. The molecule has 6 heteroatoms. The van der Waals surface area contributed by atoms with Crippen molar-refractivity contribution < 1.29 is 14.3 Å². The number of nitriles is 1. The van der Waals surface area contributed by atoms with Crippen molar-refractivity contribution >= 4 is 23.6 Å². The van der Waals surface area contributed by atoms with Crippen LogP contribution in [0.3, 0.4) is 0 Å². The number of ether oxygens (including phenoxy) is 2. The van der Waals surface area contributed by atoms with Gasteiger partial charge in [-0.3, -0.25) is 4.79 Å². The Morgan fingerprint density at radius 2 is 2.00 bits per heavy atom. The van der Waals surface area contributed by atoms with Gasteiger partial charge in [-0.1, -0.05) is 29.8 Å². The second-order valence-corrected chi connectivity index (χ2v) is 6.47. The van der Waals surface area contributed by atoms with Crippen LogP contribution >= 0.6 is 11.6 Å². The van der Waals surface area contributed by atoms with E-state index in [0.717, 1.165) is 5.56 Å². The number of amides is 1. The second-order valence-electron chi connectivity index (χ2n) is 6.04. The van der Waals surface area contributed by atoms with Gasteiger partial charge in [-0.25, -0.2) is 0 Å². The smallest absolute Gasteiger partial charge is 0.245 e. The number of benzene rings is 2. The Hall–Kier alpha value is -2.97. The van der Waals surface area contributed by atoms with Gasteiger partial charge in [-0.05, 0) is 55.3 Å². The van der Waals surface area contributed by atoms with Gasteiger partial charge in [-0.2, -0.15) is 5.26 Å². The molecule has 0 aliphatic rings. The number of halogens is 1. The van der Waals surface area contributed by atoms with Gasteiger partial charge in [0.05, 0.1) is 19.3 Å². The molecule has 0 saturated heterocycles. The summed E-state index contributed by atoms with van der Waals surface area (Å²) in [6.45, 7) is 3.87. The second kappa shape index (κ2) is 9.65. The van der Waals surface area contributed by atoms with Crippen LogP contribution in [-0.2, 0) is 4.79 Å². The highest BCUT2D eigenvalue weighted by atomic mass is 35.5. The van der Waals surface area contributed by atoms with E-state index in [4.69, 9.17) is 21.1 Å². The van der Waals surface area contributed by atoms with E-state index in [1.54, 1.807) is 49.6 Å². The largest absolute Gasteiger partial charge is 0.493 e. The molecule has 0 bridgehead atoms. The minimum Gasteiger partial charge on any atom is -0.493 e. The third kappa shape index (κ3) is 6.05. The summed E-state index contributed by atoms with van der Waals surface area (Å²) in [5.74, 6) is 0.836. The summed E-state index contributed by atoms with van der Waals surface area (Å²) in [6, 6.07) is 13.5. The Kier molecular flexibility index (Phi) is 7.27. The van der Waals surface area contributed by atoms with Crippen LogP contribution in [0.2, 0.25) is 5.02 Å². The first kappa shape index (κ1) is 20.3. The topological polar surface area (TPSA) is 71.3 Å². The molecule has 2 aromatic carbocycles. The molecule has 1 amide bonds. The van der Waals surface area contributed by atoms with E-state index in [1.165, 1.54) is 6.08 Å². The fraction of sp³-hybridized carbons (Fsp3) is 0.238. The van der Waals surface area contributed by atoms with E-state index in [2.05, 4.69) is 11.4 Å². The van der Waals surface area contributed by atoms with Gasteiger partial charge >= 0.3 is 0 Å². The van der Waals surface area contributed by atoms with Crippen molar-refractivity contribution in [1.29, 1.82) is 5.26 Å². The van der Waals surface area contributed by atoms with Gasteiger partial charge in [0.2, 0.25) is 5.91 Å². The molecule has 2 rings (SSSR count). The first-order valence-corrected chi connectivity index (χ1v) is 8.79. The summed E-state index contributed by atoms with van der Waals surface area (Å²) in [6.07, 6.45) is 3.04. The van der Waals surface area contributed by atoms with Gasteiger partial charge in [0.25, 0.3) is 0 Å². The molecule has 2 aromatic rings. The van der Waals surface area contributed by atoms with Crippen LogP contribution in [0.1, 0.15) is 31.0 Å². The summed E-state index contributed by atoms with van der Waals surface area (Å²) in [5.41, 5.74) is 1.40. The van der Waals surface area contributed by atoms with Gasteiger partial charge in [0.1, 0.15) is 6.04 Å². The minimum atomic E-state index is -0.780. The monoisotopic (exact) mass is 384 g/mol. The third-order valence-electron chi connectivity index (χ3n) is 3.58. The van der Waals surface area contributed by atoms with Gasteiger partial charge in [0, 0.05) is 11.1 Å². The van der Waals surface area contributed by atoms with E-state index in [0.29, 0.717) is 22.1 Å². The average Bonchev–Trinajstić information content (AvgIpc) is 2.64. The summed E-state index contributed by atoms with van der Waals surface area (Å²) >= 11 is 5.94. The van der Waals surface area contributed by atoms with Crippen LogP contribution < -0.4 is 14.8 Å². The molecular formula is C21H21ClN2O3. The highest BCUT2D eigenvalue weighted by Gasteiger charge is 2.12. The average molecular weight is 385 g/mol. The molecule has 0 heterocycles. The van der Waals surface area contributed by atoms with Gasteiger partial charge in [-0.15, -0.1) is 0 Å². The van der Waals surface area contributed by atoms with Crippen molar-refractivity contribution in [2.75, 3.05) is 7.11 Å². The van der Waals surface area contributed by atoms with Crippen LogP contribution in [0.25, 0.3) is 6.08 Å². The van der Waals surface area contributed by atoms with Gasteiger partial charge in [0.15, 0.2) is 11.5 Å². The van der Waals surface area contributed by atoms with Gasteiger partial charge < -0.3 is 14.8 Å². The molecule has 0 unspecified atom stereocenters. The van der Waals surface area contributed by atoms with Crippen LogP contribution in [0.5, 0.6) is 11.5 Å². The zero-order valence-corrected chi connectivity index (χ0v) is 16.2. The molecule has 0 aliphatic carbocycles. The van der Waals surface area contributed by atoms with Crippen LogP contribution in [0.4, 0.5) is 0 Å². The molecule has 5 nitrogen and oxygen atoms in total. The third-order valence-corrected chi connectivity index (χ3v) is 3.81. The van der Waals surface area contributed by atoms with E-state index < -0.39 is 6.04 Å². The quantitative estimate of drug-likeness (QED) is 0.712. The van der Waals surface area contributed by atoms with Crippen molar-refractivity contribution in [3.8, 4) is 17.6 Å². The molecule has 0 spiro atoms. The number of rotatable bonds is 7. The number of methoxy groups -OCH3 is 1. The van der Waals surface area contributed by atoms with E-state index in [-0.39, 0.29) is 12.0 Å². The van der Waals surface area contributed by atoms with Crippen molar-refractivity contribution in [2.24, 2.45) is 0 Å². The zero-order valence-electron chi connectivity index (χ0n) is 15.4. The van der Waals surface area contributed by atoms with Crippen LogP contribution in [0, 0.1) is 11.3 Å². The lowest BCUT2D eigenvalue weighted by Gasteiger charge is -2.13. The lowest BCUT2D eigenvalue weighted by molar-refractivity contribution is -0.116. The number of hydrogen-bond acceptors (Lipinski definition) is 4. The predicted octanol–water partition coefficient (Wildman–Crippen LogP) is 4.53. The molecule has 0 aromatic heterocycles. The highest BCUT2D eigenvalue weighted by Crippen LogP contribution is 2.29. The van der Waals surface area contributed by atoms with Crippen LogP contribution in [0.15, 0.2) is 48.5 Å². The molecule has 0 fully saturated rings. The maximum Gasteiger partial charge on any atom is 0.245 e. The SMILES string of the molecule is COc1cc(/C=C/C(=O)N[C@@H](C#N)c2cccc(Cl)c2)ccc1OC(C)C. The Balaban J connectivity index is 2.08. The Labute approximate surface area is 164 Å². The molecule has 27 heavy (non-hydrogen) atoms. The first-order chi connectivity index (χ1) is 12.9. The van der Waals surface area contributed by atoms with Crippen molar-refractivity contribution in [1.82, 2.24) is 5.32 Å². The minimum absolute atomic E-state index is 0.0282. The summed E-state index contributed by atoms with van der Waals surface area (Å²) in [7, 11) is 1.56. The lowest BCUT2D eigenvalue weighted by Crippen LogP contribution is -2.25. The Morgan fingerprint density at radius 1 is 1.22 bits per heavy atom. The number of hydrogen-bond donors (Lipinski definition) is 1. The van der Waals surface area contributed by atoms with E-state index in [9.17, 15) is 10.1 Å². The Morgan fingerprint density at radius 3 is 2.63 bits per heavy atom. The molecular weight excluding hydrogens is 364 g/mol. The summed E-state index contributed by atoms with van der Waals surface area (Å²) in [4.78, 5) is 12.2. The lowest BCUT2D eigenvalue weighted by atomic mass is 10.1. The van der Waals surface area contributed by atoms with E-state index >= 15 is 0 Å². The fourth-order valence-electron chi connectivity index (χ4n) is 2.38. The van der Waals surface area contributed by atoms with Crippen LogP contribution in [-0.4, -0.2) is 19.1 Å². The maximum absolute atomic E-state index is 12.2. The molecule has 0 saturated carbocycles. The first-order valence-electron chi connectivity index (χ1n) is 8.41. The molecule has 1 atom stereocenters. The normalized spacial score (nSPS) is 11.9. The molecule has 1 N–H and O–H groups in total. The predicted molar refractivity (Wildman–Crippen MR) is 106 cm³/mol. The van der Waals surface area contributed by atoms with E-state index in [1.807, 2.05) is 19.9 Å². The standard InChI is InChI=1S/C21H21ClN2O3/c1-14(2)27-19-9-7-15(11-20(19)26-3)8-10-21(25)24-18(13-23)16-5-4-6-17(22)12-16/h4-12,14,18H,1-3H3,(H,24,25)/b10-8+/t18-/m0/s1. The molecule has 140 valence electrons. The summed E-state index contributed by atoms with van der Waals surface area (Å²) < 4.78 is 11.0. The number of carbonyl (C=O) groups is 1. The number of carbonyl (C=O) groups excluding carboxylic acids is 1. The van der Waals surface area contributed by atoms with Crippen molar-refractivity contribution in [3.63, 3.8) is 0 Å². The van der Waals surface area contributed by atoms with Crippen molar-refractivity contribution in [3.05, 3.63) is 64.7 Å². The zero-order chi connectivity index (χ0) is 19.8. The number of nitrogens with one attached hydrogen (secondary N) is 1. The Bertz CT molecular complexity index is 872.